The minimum absolute atomic E-state index is 0.0207. The van der Waals surface area contributed by atoms with Crippen LogP contribution in [0.25, 0.3) is 0 Å². The van der Waals surface area contributed by atoms with Crippen LogP contribution in [0.4, 0.5) is 13.2 Å². The van der Waals surface area contributed by atoms with Gasteiger partial charge in [0.1, 0.15) is 0 Å². The first-order chi connectivity index (χ1) is 9.73. The smallest absolute Gasteiger partial charge is 0.341 e. The molecule has 0 spiro atoms. The number of hydrogen-bond acceptors (Lipinski definition) is 3. The Labute approximate surface area is 123 Å². The molecule has 2 fully saturated rings. The molecule has 7 heteroatoms. The van der Waals surface area contributed by atoms with Gasteiger partial charge in [0.2, 0.25) is 5.91 Å². The fraction of sp³-hybridized carbons (Fsp3) is 0.929. The Bertz CT molecular complexity index is 370. The number of rotatable bonds is 2. The number of hydrogen-bond donors (Lipinski definition) is 1. The molecule has 122 valence electrons. The minimum atomic E-state index is -4.14. The number of piperidine rings is 1. The fourth-order valence-electron chi connectivity index (χ4n) is 3.16. The van der Waals surface area contributed by atoms with Crippen molar-refractivity contribution < 1.29 is 18.0 Å². The second kappa shape index (κ2) is 6.12. The number of nitrogens with zero attached hydrogens (tertiary/aromatic N) is 2. The number of alkyl halides is 3. The number of amides is 1. The van der Waals surface area contributed by atoms with Gasteiger partial charge in [0.05, 0.1) is 11.5 Å². The molecule has 1 N–H and O–H groups in total. The summed E-state index contributed by atoms with van der Waals surface area (Å²) in [6, 6.07) is 0. The largest absolute Gasteiger partial charge is 0.391 e. The third-order valence-electron chi connectivity index (χ3n) is 4.68. The zero-order valence-corrected chi connectivity index (χ0v) is 12.7. The molecule has 0 atom stereocenters. The lowest BCUT2D eigenvalue weighted by atomic mass is 9.93. The summed E-state index contributed by atoms with van der Waals surface area (Å²) in [6.07, 6.45) is -4.09. The number of carbonyl (C=O) groups excluding carboxylic acids is 1. The summed E-state index contributed by atoms with van der Waals surface area (Å²) in [5, 5.41) is 3.24. The Morgan fingerprint density at radius 2 is 1.57 bits per heavy atom. The van der Waals surface area contributed by atoms with Crippen molar-refractivity contribution in [3.8, 4) is 0 Å². The SMILES string of the molecule is CC(C)(C(=O)N1CCC(C(F)(F)F)CC1)N1CCNCC1. The molecule has 1 amide bonds. The van der Waals surface area contributed by atoms with E-state index in [0.29, 0.717) is 0 Å². The molecule has 0 aromatic rings. The van der Waals surface area contributed by atoms with E-state index in [1.807, 2.05) is 13.8 Å². The van der Waals surface area contributed by atoms with Crippen LogP contribution >= 0.6 is 0 Å². The predicted octanol–water partition coefficient (Wildman–Crippen LogP) is 1.47. The van der Waals surface area contributed by atoms with Crippen molar-refractivity contribution in [1.82, 2.24) is 15.1 Å². The van der Waals surface area contributed by atoms with E-state index in [9.17, 15) is 18.0 Å². The Morgan fingerprint density at radius 3 is 2.05 bits per heavy atom. The Kier molecular flexibility index (Phi) is 4.82. The predicted molar refractivity (Wildman–Crippen MR) is 73.9 cm³/mol. The van der Waals surface area contributed by atoms with Gasteiger partial charge in [-0.25, -0.2) is 0 Å². The van der Waals surface area contributed by atoms with Crippen LogP contribution in [0.2, 0.25) is 0 Å². The highest BCUT2D eigenvalue weighted by Crippen LogP contribution is 2.34. The van der Waals surface area contributed by atoms with E-state index in [2.05, 4.69) is 10.2 Å². The van der Waals surface area contributed by atoms with Crippen molar-refractivity contribution in [2.45, 2.75) is 38.4 Å². The van der Waals surface area contributed by atoms with Gasteiger partial charge >= 0.3 is 6.18 Å². The molecular weight excluding hydrogens is 283 g/mol. The average molecular weight is 307 g/mol. The van der Waals surface area contributed by atoms with Crippen LogP contribution in [0.1, 0.15) is 26.7 Å². The van der Waals surface area contributed by atoms with E-state index in [-0.39, 0.29) is 31.8 Å². The molecule has 21 heavy (non-hydrogen) atoms. The van der Waals surface area contributed by atoms with Crippen LogP contribution < -0.4 is 5.32 Å². The van der Waals surface area contributed by atoms with Gasteiger partial charge in [-0.2, -0.15) is 13.2 Å². The Morgan fingerprint density at radius 1 is 1.05 bits per heavy atom. The minimum Gasteiger partial charge on any atom is -0.341 e. The molecule has 0 aromatic heterocycles. The lowest BCUT2D eigenvalue weighted by Gasteiger charge is -2.44. The highest BCUT2D eigenvalue weighted by atomic mass is 19.4. The van der Waals surface area contributed by atoms with Crippen molar-refractivity contribution >= 4 is 5.91 Å². The average Bonchev–Trinajstić information content (AvgIpc) is 2.46. The summed E-state index contributed by atoms with van der Waals surface area (Å²) >= 11 is 0. The molecule has 0 aliphatic carbocycles. The van der Waals surface area contributed by atoms with E-state index in [1.54, 1.807) is 4.90 Å². The van der Waals surface area contributed by atoms with Gasteiger partial charge in [-0.05, 0) is 26.7 Å². The van der Waals surface area contributed by atoms with E-state index in [0.717, 1.165) is 26.2 Å². The van der Waals surface area contributed by atoms with Crippen LogP contribution in [0.5, 0.6) is 0 Å². The molecular formula is C14H24F3N3O. The quantitative estimate of drug-likeness (QED) is 0.839. The first kappa shape index (κ1) is 16.5. The number of halogens is 3. The van der Waals surface area contributed by atoms with Gasteiger partial charge < -0.3 is 10.2 Å². The maximum absolute atomic E-state index is 12.7. The molecule has 0 saturated carbocycles. The highest BCUT2D eigenvalue weighted by molar-refractivity contribution is 5.85. The van der Waals surface area contributed by atoms with Gasteiger partial charge in [-0.3, -0.25) is 9.69 Å². The molecule has 2 aliphatic rings. The molecule has 0 unspecified atom stereocenters. The first-order valence-corrected chi connectivity index (χ1v) is 7.55. The van der Waals surface area contributed by atoms with Gasteiger partial charge in [0, 0.05) is 39.3 Å². The van der Waals surface area contributed by atoms with Crippen LogP contribution in [0.15, 0.2) is 0 Å². The van der Waals surface area contributed by atoms with Crippen molar-refractivity contribution in [3.05, 3.63) is 0 Å². The molecule has 0 radical (unpaired) electrons. The van der Waals surface area contributed by atoms with E-state index >= 15 is 0 Å². The standard InChI is InChI=1S/C14H24F3N3O/c1-13(2,20-9-5-18-6-10-20)12(21)19-7-3-11(4-8-19)14(15,16)17/h11,18H,3-10H2,1-2H3. The first-order valence-electron chi connectivity index (χ1n) is 7.55. The summed E-state index contributed by atoms with van der Waals surface area (Å²) in [5.74, 6) is -1.31. The zero-order valence-electron chi connectivity index (χ0n) is 12.7. The monoisotopic (exact) mass is 307 g/mol. The Balaban J connectivity index is 1.94. The fourth-order valence-corrected chi connectivity index (χ4v) is 3.16. The molecule has 0 aromatic carbocycles. The van der Waals surface area contributed by atoms with Crippen LogP contribution in [-0.2, 0) is 4.79 Å². The van der Waals surface area contributed by atoms with Gasteiger partial charge in [-0.1, -0.05) is 0 Å². The van der Waals surface area contributed by atoms with Crippen LogP contribution in [0, 0.1) is 5.92 Å². The summed E-state index contributed by atoms with van der Waals surface area (Å²) < 4.78 is 38.0. The van der Waals surface area contributed by atoms with Crippen molar-refractivity contribution in [3.63, 3.8) is 0 Å². The summed E-state index contributed by atoms with van der Waals surface area (Å²) in [7, 11) is 0. The van der Waals surface area contributed by atoms with Gasteiger partial charge in [0.15, 0.2) is 0 Å². The van der Waals surface area contributed by atoms with Crippen LogP contribution in [-0.4, -0.2) is 66.7 Å². The number of piperazine rings is 1. The highest BCUT2D eigenvalue weighted by Gasteiger charge is 2.44. The van der Waals surface area contributed by atoms with Crippen LogP contribution in [0.3, 0.4) is 0 Å². The maximum Gasteiger partial charge on any atom is 0.391 e. The number of carbonyl (C=O) groups is 1. The van der Waals surface area contributed by atoms with Crippen molar-refractivity contribution in [2.24, 2.45) is 5.92 Å². The molecule has 4 nitrogen and oxygen atoms in total. The van der Waals surface area contributed by atoms with Crippen molar-refractivity contribution in [2.75, 3.05) is 39.3 Å². The second-order valence-electron chi connectivity index (χ2n) is 6.40. The normalized spacial score (nSPS) is 23.4. The molecule has 2 rings (SSSR count). The molecule has 2 aliphatic heterocycles. The molecule has 2 saturated heterocycles. The van der Waals surface area contributed by atoms with E-state index in [1.165, 1.54) is 0 Å². The third-order valence-corrected chi connectivity index (χ3v) is 4.68. The van der Waals surface area contributed by atoms with E-state index < -0.39 is 17.6 Å². The molecule has 0 bridgehead atoms. The zero-order chi connectivity index (χ0) is 15.7. The Hall–Kier alpha value is -0.820. The lowest BCUT2D eigenvalue weighted by molar-refractivity contribution is -0.187. The second-order valence-corrected chi connectivity index (χ2v) is 6.40. The third kappa shape index (κ3) is 3.69. The summed E-state index contributed by atoms with van der Waals surface area (Å²) in [6.45, 7) is 7.42. The topological polar surface area (TPSA) is 35.6 Å². The van der Waals surface area contributed by atoms with Crippen molar-refractivity contribution in [1.29, 1.82) is 0 Å². The lowest BCUT2D eigenvalue weighted by Crippen LogP contribution is -2.61. The maximum atomic E-state index is 12.7. The molecule has 2 heterocycles. The summed E-state index contributed by atoms with van der Waals surface area (Å²) in [5.41, 5.74) is -0.646. The number of likely N-dealkylation sites (tertiary alicyclic amines) is 1. The van der Waals surface area contributed by atoms with Gasteiger partial charge in [-0.15, -0.1) is 0 Å². The van der Waals surface area contributed by atoms with E-state index in [4.69, 9.17) is 0 Å². The van der Waals surface area contributed by atoms with Gasteiger partial charge in [0.25, 0.3) is 0 Å². The summed E-state index contributed by atoms with van der Waals surface area (Å²) in [4.78, 5) is 16.4. The number of nitrogens with one attached hydrogen (secondary N) is 1.